The lowest BCUT2D eigenvalue weighted by Crippen LogP contribution is -2.34. The van der Waals surface area contributed by atoms with E-state index in [-0.39, 0.29) is 12.6 Å². The van der Waals surface area contributed by atoms with Gasteiger partial charge in [-0.1, -0.05) is 30.3 Å². The summed E-state index contributed by atoms with van der Waals surface area (Å²) in [6.07, 6.45) is 0.771. The summed E-state index contributed by atoms with van der Waals surface area (Å²) in [6.45, 7) is 1.15. The predicted octanol–water partition coefficient (Wildman–Crippen LogP) is 4.06. The van der Waals surface area contributed by atoms with Gasteiger partial charge in [0.05, 0.1) is 0 Å². The Kier molecular flexibility index (Phi) is 3.70. The fourth-order valence-corrected chi connectivity index (χ4v) is 4.28. The molecule has 3 aromatic rings. The maximum Gasteiger partial charge on any atom is 0.0449 e. The monoisotopic (exact) mass is 309 g/mol. The predicted molar refractivity (Wildman–Crippen MR) is 92.6 cm³/mol. The highest BCUT2D eigenvalue weighted by atomic mass is 32.1. The molecule has 2 unspecified atom stereocenters. The Morgan fingerprint density at radius 3 is 2.82 bits per heavy atom. The van der Waals surface area contributed by atoms with Gasteiger partial charge in [0.2, 0.25) is 0 Å². The first-order chi connectivity index (χ1) is 10.9. The van der Waals surface area contributed by atoms with E-state index in [1.54, 1.807) is 11.3 Å². The molecule has 0 amide bonds. The Morgan fingerprint density at radius 2 is 1.95 bits per heavy atom. The van der Waals surface area contributed by atoms with E-state index >= 15 is 0 Å². The van der Waals surface area contributed by atoms with Gasteiger partial charge in [-0.3, -0.25) is 0 Å². The zero-order valence-corrected chi connectivity index (χ0v) is 13.1. The molecule has 0 radical (unpaired) electrons. The van der Waals surface area contributed by atoms with Crippen LogP contribution in [0.1, 0.15) is 35.1 Å². The molecule has 2 heterocycles. The van der Waals surface area contributed by atoms with Gasteiger partial charge in [-0.05, 0) is 52.1 Å². The Hall–Kier alpha value is -1.68. The van der Waals surface area contributed by atoms with Crippen LogP contribution in [-0.4, -0.2) is 18.3 Å². The molecule has 0 fully saturated rings. The second-order valence-corrected chi connectivity index (χ2v) is 6.82. The third-order valence-electron chi connectivity index (χ3n) is 4.61. The number of fused-ring (bicyclic) bond motifs is 2. The number of benzene rings is 2. The summed E-state index contributed by atoms with van der Waals surface area (Å²) in [5, 5.41) is 16.4. The molecule has 3 heteroatoms. The molecular formula is C19H19NOS. The molecule has 0 bridgehead atoms. The number of hydrogen-bond acceptors (Lipinski definition) is 3. The summed E-state index contributed by atoms with van der Waals surface area (Å²) in [4.78, 5) is 0. The maximum atomic E-state index is 9.28. The van der Waals surface area contributed by atoms with Crippen LogP contribution in [0, 0.1) is 0 Å². The van der Waals surface area contributed by atoms with Gasteiger partial charge < -0.3 is 10.4 Å². The van der Waals surface area contributed by atoms with Gasteiger partial charge in [0.15, 0.2) is 0 Å². The second-order valence-electron chi connectivity index (χ2n) is 5.87. The lowest BCUT2D eigenvalue weighted by Gasteiger charge is -2.33. The minimum atomic E-state index is 0.220. The maximum absolute atomic E-state index is 9.28. The SMILES string of the molecule is OCCC1NCC(c2ccc3sccc3c2)c2ccccc21. The number of aliphatic hydroxyl groups excluding tert-OH is 1. The van der Waals surface area contributed by atoms with Gasteiger partial charge in [-0.15, -0.1) is 11.3 Å². The van der Waals surface area contributed by atoms with E-state index in [4.69, 9.17) is 0 Å². The Morgan fingerprint density at radius 1 is 1.09 bits per heavy atom. The minimum absolute atomic E-state index is 0.220. The van der Waals surface area contributed by atoms with E-state index in [2.05, 4.69) is 59.2 Å². The normalized spacial score (nSPS) is 21.0. The summed E-state index contributed by atoms with van der Waals surface area (Å²) in [7, 11) is 0. The molecule has 1 aliphatic heterocycles. The average molecular weight is 309 g/mol. The lowest BCUT2D eigenvalue weighted by atomic mass is 9.81. The van der Waals surface area contributed by atoms with Crippen LogP contribution in [0.4, 0.5) is 0 Å². The van der Waals surface area contributed by atoms with Crippen LogP contribution >= 0.6 is 11.3 Å². The van der Waals surface area contributed by atoms with Crippen molar-refractivity contribution in [2.45, 2.75) is 18.4 Å². The van der Waals surface area contributed by atoms with Gasteiger partial charge in [0.25, 0.3) is 0 Å². The van der Waals surface area contributed by atoms with Crippen molar-refractivity contribution in [3.8, 4) is 0 Å². The second kappa shape index (κ2) is 5.84. The van der Waals surface area contributed by atoms with Crippen LogP contribution in [0.5, 0.6) is 0 Å². The fourth-order valence-electron chi connectivity index (χ4n) is 3.51. The molecule has 0 spiro atoms. The first-order valence-corrected chi connectivity index (χ1v) is 8.65. The topological polar surface area (TPSA) is 32.3 Å². The Balaban J connectivity index is 1.77. The first-order valence-electron chi connectivity index (χ1n) is 7.77. The molecule has 0 saturated heterocycles. The van der Waals surface area contributed by atoms with Gasteiger partial charge >= 0.3 is 0 Å². The zero-order chi connectivity index (χ0) is 14.9. The third-order valence-corrected chi connectivity index (χ3v) is 5.51. The molecule has 22 heavy (non-hydrogen) atoms. The smallest absolute Gasteiger partial charge is 0.0449 e. The molecule has 1 aliphatic rings. The fraction of sp³-hybridized carbons (Fsp3) is 0.263. The van der Waals surface area contributed by atoms with Gasteiger partial charge in [0, 0.05) is 29.8 Å². The third kappa shape index (κ3) is 2.35. The molecule has 112 valence electrons. The Bertz CT molecular complexity index is 795. The standard InChI is InChI=1S/C19H19NOS/c21-9-7-18-16-4-2-1-3-15(16)17(12-20-18)13-5-6-19-14(11-13)8-10-22-19/h1-6,8,10-11,17-18,20-21H,7,9,12H2. The summed E-state index contributed by atoms with van der Waals surface area (Å²) in [5.74, 6) is 0.385. The van der Waals surface area contributed by atoms with Crippen LogP contribution < -0.4 is 5.32 Å². The van der Waals surface area contributed by atoms with Crippen LogP contribution in [-0.2, 0) is 0 Å². The van der Waals surface area contributed by atoms with Crippen LogP contribution in [0.25, 0.3) is 10.1 Å². The van der Waals surface area contributed by atoms with Crippen molar-refractivity contribution in [2.24, 2.45) is 0 Å². The lowest BCUT2D eigenvalue weighted by molar-refractivity contribution is 0.261. The first kappa shape index (κ1) is 13.9. The van der Waals surface area contributed by atoms with Crippen molar-refractivity contribution in [1.82, 2.24) is 5.32 Å². The molecule has 1 aromatic heterocycles. The van der Waals surface area contributed by atoms with E-state index < -0.39 is 0 Å². The molecule has 0 aliphatic carbocycles. The number of thiophene rings is 1. The van der Waals surface area contributed by atoms with Crippen molar-refractivity contribution in [1.29, 1.82) is 0 Å². The summed E-state index contributed by atoms with van der Waals surface area (Å²) < 4.78 is 1.35. The molecule has 2 N–H and O–H groups in total. The number of hydrogen-bond donors (Lipinski definition) is 2. The highest BCUT2D eigenvalue weighted by molar-refractivity contribution is 7.17. The molecule has 2 atom stereocenters. The van der Waals surface area contributed by atoms with Gasteiger partial charge in [0.1, 0.15) is 0 Å². The van der Waals surface area contributed by atoms with Crippen molar-refractivity contribution in [2.75, 3.05) is 13.2 Å². The van der Waals surface area contributed by atoms with E-state index in [0.717, 1.165) is 13.0 Å². The summed E-state index contributed by atoms with van der Waals surface area (Å²) >= 11 is 1.79. The molecule has 2 nitrogen and oxygen atoms in total. The van der Waals surface area contributed by atoms with Crippen molar-refractivity contribution in [3.05, 3.63) is 70.6 Å². The summed E-state index contributed by atoms with van der Waals surface area (Å²) in [5.41, 5.74) is 4.10. The van der Waals surface area contributed by atoms with Crippen molar-refractivity contribution >= 4 is 21.4 Å². The number of nitrogens with one attached hydrogen (secondary N) is 1. The quantitative estimate of drug-likeness (QED) is 0.764. The van der Waals surface area contributed by atoms with Crippen molar-refractivity contribution in [3.63, 3.8) is 0 Å². The molecular weight excluding hydrogens is 290 g/mol. The zero-order valence-electron chi connectivity index (χ0n) is 12.3. The Labute approximate surface area is 134 Å². The van der Waals surface area contributed by atoms with Crippen LogP contribution in [0.2, 0.25) is 0 Å². The van der Waals surface area contributed by atoms with Crippen molar-refractivity contribution < 1.29 is 5.11 Å². The highest BCUT2D eigenvalue weighted by Gasteiger charge is 2.27. The number of rotatable bonds is 3. The van der Waals surface area contributed by atoms with E-state index in [9.17, 15) is 5.11 Å². The molecule has 4 rings (SSSR count). The van der Waals surface area contributed by atoms with Crippen LogP contribution in [0.15, 0.2) is 53.9 Å². The van der Waals surface area contributed by atoms with E-state index in [1.165, 1.54) is 26.8 Å². The van der Waals surface area contributed by atoms with Gasteiger partial charge in [-0.25, -0.2) is 0 Å². The van der Waals surface area contributed by atoms with E-state index in [0.29, 0.717) is 5.92 Å². The molecule has 2 aromatic carbocycles. The van der Waals surface area contributed by atoms with Crippen LogP contribution in [0.3, 0.4) is 0 Å². The van der Waals surface area contributed by atoms with E-state index in [1.807, 2.05) is 0 Å². The minimum Gasteiger partial charge on any atom is -0.396 e. The summed E-state index contributed by atoms with van der Waals surface area (Å²) in [6, 6.07) is 17.9. The largest absolute Gasteiger partial charge is 0.396 e. The number of aliphatic hydroxyl groups is 1. The highest BCUT2D eigenvalue weighted by Crippen LogP contribution is 2.36. The van der Waals surface area contributed by atoms with Gasteiger partial charge in [-0.2, -0.15) is 0 Å². The average Bonchev–Trinajstić information content (AvgIpc) is 3.03. The molecule has 0 saturated carbocycles.